The molecule has 98 valence electrons. The van der Waals surface area contributed by atoms with Crippen molar-refractivity contribution in [1.82, 2.24) is 4.57 Å². The third-order valence-corrected chi connectivity index (χ3v) is 2.51. The molecule has 1 aromatic heterocycles. The maximum Gasteiger partial charge on any atom is 0.352 e. The minimum absolute atomic E-state index is 0.00341. The van der Waals surface area contributed by atoms with Crippen LogP contribution in [0.1, 0.15) is 10.5 Å². The number of anilines is 1. The molecule has 2 aromatic rings. The summed E-state index contributed by atoms with van der Waals surface area (Å²) in [5.74, 6) is -2.16. The fourth-order valence-corrected chi connectivity index (χ4v) is 1.65. The smallest absolute Gasteiger partial charge is 0.352 e. The number of carbonyl (C=O) groups excluding carboxylic acids is 1. The van der Waals surface area contributed by atoms with Crippen molar-refractivity contribution in [3.8, 4) is 0 Å². The van der Waals surface area contributed by atoms with E-state index in [4.69, 9.17) is 5.11 Å². The number of aromatic carboxylic acids is 1. The third-order valence-electron chi connectivity index (χ3n) is 2.51. The number of rotatable bonds is 4. The van der Waals surface area contributed by atoms with Gasteiger partial charge in [0.1, 0.15) is 18.1 Å². The Morgan fingerprint density at radius 2 is 1.95 bits per heavy atom. The molecule has 0 unspecified atom stereocenters. The molecule has 0 spiro atoms. The van der Waals surface area contributed by atoms with Crippen LogP contribution in [-0.2, 0) is 11.3 Å². The SMILES string of the molecule is O=C(Cn1cccc1C(=O)O)Nc1ccccc1F. The summed E-state index contributed by atoms with van der Waals surface area (Å²) in [6.07, 6.45) is 1.48. The second-order valence-electron chi connectivity index (χ2n) is 3.85. The highest BCUT2D eigenvalue weighted by Crippen LogP contribution is 2.12. The molecule has 0 saturated carbocycles. The fraction of sp³-hybridized carbons (Fsp3) is 0.0769. The van der Waals surface area contributed by atoms with E-state index >= 15 is 0 Å². The number of nitrogens with zero attached hydrogens (tertiary/aromatic N) is 1. The van der Waals surface area contributed by atoms with E-state index in [1.165, 1.54) is 41.1 Å². The lowest BCUT2D eigenvalue weighted by atomic mass is 10.3. The number of amides is 1. The summed E-state index contributed by atoms with van der Waals surface area (Å²) in [4.78, 5) is 22.6. The summed E-state index contributed by atoms with van der Waals surface area (Å²) >= 11 is 0. The first kappa shape index (κ1) is 12.8. The first-order valence-electron chi connectivity index (χ1n) is 5.51. The molecule has 0 fully saturated rings. The first-order chi connectivity index (χ1) is 9.08. The average Bonchev–Trinajstić information content (AvgIpc) is 2.80. The Kier molecular flexibility index (Phi) is 3.61. The Balaban J connectivity index is 2.08. The van der Waals surface area contributed by atoms with Crippen molar-refractivity contribution < 1.29 is 19.1 Å². The summed E-state index contributed by atoms with van der Waals surface area (Å²) in [6, 6.07) is 8.68. The van der Waals surface area contributed by atoms with Crippen LogP contribution in [0.15, 0.2) is 42.6 Å². The molecule has 0 radical (unpaired) electrons. The van der Waals surface area contributed by atoms with E-state index in [0.29, 0.717) is 0 Å². The molecular weight excluding hydrogens is 251 g/mol. The molecule has 0 atom stereocenters. The summed E-state index contributed by atoms with van der Waals surface area (Å²) in [5.41, 5.74) is 0.0696. The fourth-order valence-electron chi connectivity index (χ4n) is 1.65. The molecule has 19 heavy (non-hydrogen) atoms. The van der Waals surface area contributed by atoms with Gasteiger partial charge in [0.05, 0.1) is 5.69 Å². The maximum absolute atomic E-state index is 13.3. The van der Waals surface area contributed by atoms with Gasteiger partial charge in [-0.3, -0.25) is 4.79 Å². The molecule has 0 saturated heterocycles. The zero-order chi connectivity index (χ0) is 13.8. The van der Waals surface area contributed by atoms with Crippen molar-refractivity contribution in [2.75, 3.05) is 5.32 Å². The van der Waals surface area contributed by atoms with Gasteiger partial charge in [-0.1, -0.05) is 12.1 Å². The monoisotopic (exact) mass is 262 g/mol. The molecular formula is C13H11FN2O3. The van der Waals surface area contributed by atoms with Crippen LogP contribution >= 0.6 is 0 Å². The minimum atomic E-state index is -1.12. The summed E-state index contributed by atoms with van der Waals surface area (Å²) < 4.78 is 14.6. The van der Waals surface area contributed by atoms with Gasteiger partial charge in [0, 0.05) is 6.20 Å². The van der Waals surface area contributed by atoms with Crippen LogP contribution in [0.5, 0.6) is 0 Å². The highest BCUT2D eigenvalue weighted by atomic mass is 19.1. The van der Waals surface area contributed by atoms with Gasteiger partial charge in [-0.05, 0) is 24.3 Å². The summed E-state index contributed by atoms with van der Waals surface area (Å²) in [6.45, 7) is -0.192. The van der Waals surface area contributed by atoms with Crippen LogP contribution in [0.2, 0.25) is 0 Å². The standard InChI is InChI=1S/C13H11FN2O3/c14-9-4-1-2-5-10(9)15-12(17)8-16-7-3-6-11(16)13(18)19/h1-7H,8H2,(H,15,17)(H,18,19). The van der Waals surface area contributed by atoms with Crippen LogP contribution < -0.4 is 5.32 Å². The van der Waals surface area contributed by atoms with Gasteiger partial charge in [0.25, 0.3) is 0 Å². The van der Waals surface area contributed by atoms with Gasteiger partial charge < -0.3 is 15.0 Å². The quantitative estimate of drug-likeness (QED) is 0.884. The van der Waals surface area contributed by atoms with Crippen LogP contribution in [0.25, 0.3) is 0 Å². The maximum atomic E-state index is 13.3. The molecule has 0 bridgehead atoms. The van der Waals surface area contributed by atoms with Crippen LogP contribution in [0.3, 0.4) is 0 Å². The highest BCUT2D eigenvalue weighted by molar-refractivity contribution is 5.92. The van der Waals surface area contributed by atoms with E-state index in [1.807, 2.05) is 0 Å². The van der Waals surface area contributed by atoms with Gasteiger partial charge in [-0.2, -0.15) is 0 Å². The van der Waals surface area contributed by atoms with Crippen molar-refractivity contribution >= 4 is 17.6 Å². The van der Waals surface area contributed by atoms with Gasteiger partial charge in [0.15, 0.2) is 0 Å². The van der Waals surface area contributed by atoms with Gasteiger partial charge in [-0.25, -0.2) is 9.18 Å². The van der Waals surface area contributed by atoms with Crippen molar-refractivity contribution in [2.45, 2.75) is 6.54 Å². The number of nitrogens with one attached hydrogen (secondary N) is 1. The predicted octanol–water partition coefficient (Wildman–Crippen LogP) is 1.96. The van der Waals surface area contributed by atoms with Crippen molar-refractivity contribution in [2.24, 2.45) is 0 Å². The normalized spacial score (nSPS) is 10.2. The Morgan fingerprint density at radius 3 is 2.63 bits per heavy atom. The first-order valence-corrected chi connectivity index (χ1v) is 5.51. The molecule has 0 aliphatic rings. The predicted molar refractivity (Wildman–Crippen MR) is 66.4 cm³/mol. The minimum Gasteiger partial charge on any atom is -0.477 e. The van der Waals surface area contributed by atoms with Crippen molar-refractivity contribution in [3.05, 3.63) is 54.1 Å². The zero-order valence-corrected chi connectivity index (χ0v) is 9.84. The molecule has 2 N–H and O–H groups in total. The molecule has 0 aliphatic heterocycles. The number of hydrogen-bond acceptors (Lipinski definition) is 2. The van der Waals surface area contributed by atoms with E-state index in [9.17, 15) is 14.0 Å². The number of hydrogen-bond donors (Lipinski definition) is 2. The molecule has 2 rings (SSSR count). The van der Waals surface area contributed by atoms with Crippen LogP contribution in [-0.4, -0.2) is 21.6 Å². The van der Waals surface area contributed by atoms with E-state index in [1.54, 1.807) is 6.07 Å². The number of carboxylic acids is 1. The Labute approximate surface area is 108 Å². The van der Waals surface area contributed by atoms with E-state index in [0.717, 1.165) is 0 Å². The van der Waals surface area contributed by atoms with E-state index < -0.39 is 17.7 Å². The number of carboxylic acid groups (broad SMARTS) is 1. The summed E-state index contributed by atoms with van der Waals surface area (Å²) in [5, 5.41) is 11.3. The average molecular weight is 262 g/mol. The number of carbonyl (C=O) groups is 2. The van der Waals surface area contributed by atoms with Gasteiger partial charge in [-0.15, -0.1) is 0 Å². The molecule has 0 aliphatic carbocycles. The molecule has 5 nitrogen and oxygen atoms in total. The number of benzene rings is 1. The Morgan fingerprint density at radius 1 is 1.21 bits per heavy atom. The zero-order valence-electron chi connectivity index (χ0n) is 9.84. The number of halogens is 1. The second-order valence-corrected chi connectivity index (χ2v) is 3.85. The van der Waals surface area contributed by atoms with Gasteiger partial charge >= 0.3 is 5.97 Å². The number of para-hydroxylation sites is 1. The van der Waals surface area contributed by atoms with Crippen LogP contribution in [0, 0.1) is 5.82 Å². The van der Waals surface area contributed by atoms with Crippen molar-refractivity contribution in [1.29, 1.82) is 0 Å². The highest BCUT2D eigenvalue weighted by Gasteiger charge is 2.12. The molecule has 1 aromatic carbocycles. The number of aromatic nitrogens is 1. The molecule has 6 heteroatoms. The Bertz CT molecular complexity index is 622. The van der Waals surface area contributed by atoms with E-state index in [2.05, 4.69) is 5.32 Å². The summed E-state index contributed by atoms with van der Waals surface area (Å²) in [7, 11) is 0. The third kappa shape index (κ3) is 2.98. The molecule has 1 heterocycles. The molecule has 1 amide bonds. The lowest BCUT2D eigenvalue weighted by molar-refractivity contribution is -0.116. The van der Waals surface area contributed by atoms with Crippen molar-refractivity contribution in [3.63, 3.8) is 0 Å². The second kappa shape index (κ2) is 5.34. The lowest BCUT2D eigenvalue weighted by Crippen LogP contribution is -2.21. The Hall–Kier alpha value is -2.63. The largest absolute Gasteiger partial charge is 0.477 e. The topological polar surface area (TPSA) is 71.3 Å². The van der Waals surface area contributed by atoms with Gasteiger partial charge in [0.2, 0.25) is 5.91 Å². The van der Waals surface area contributed by atoms with Crippen LogP contribution in [0.4, 0.5) is 10.1 Å². The van der Waals surface area contributed by atoms with E-state index in [-0.39, 0.29) is 17.9 Å². The lowest BCUT2D eigenvalue weighted by Gasteiger charge is -2.08.